The maximum absolute atomic E-state index is 12.9. The molecule has 1 aliphatic heterocycles. The molecule has 2 atom stereocenters. The van der Waals surface area contributed by atoms with Crippen LogP contribution in [-0.4, -0.2) is 69.8 Å². The van der Waals surface area contributed by atoms with Crippen molar-refractivity contribution in [3.05, 3.63) is 68.8 Å². The van der Waals surface area contributed by atoms with Gasteiger partial charge in [-0.15, -0.1) is 0 Å². The molecule has 1 saturated heterocycles. The van der Waals surface area contributed by atoms with Crippen molar-refractivity contribution in [3.63, 3.8) is 0 Å². The van der Waals surface area contributed by atoms with Crippen molar-refractivity contribution < 1.29 is 28.9 Å². The predicted molar refractivity (Wildman–Crippen MR) is 124 cm³/mol. The molecule has 0 bridgehead atoms. The normalized spacial score (nSPS) is 15.5. The van der Waals surface area contributed by atoms with Crippen LogP contribution in [-0.2, 0) is 9.59 Å². The van der Waals surface area contributed by atoms with Gasteiger partial charge in [0.15, 0.2) is 23.7 Å². The van der Waals surface area contributed by atoms with Gasteiger partial charge in [-0.25, -0.2) is 0 Å². The van der Waals surface area contributed by atoms with Gasteiger partial charge in [0.2, 0.25) is 0 Å². The second-order valence-electron chi connectivity index (χ2n) is 7.97. The lowest BCUT2D eigenvalue weighted by molar-refractivity contribution is -0.386. The lowest BCUT2D eigenvalue weighted by Crippen LogP contribution is -2.45. The van der Waals surface area contributed by atoms with Crippen LogP contribution in [0.3, 0.4) is 0 Å². The second kappa shape index (κ2) is 11.3. The van der Waals surface area contributed by atoms with Gasteiger partial charge in [0.25, 0.3) is 11.8 Å². The summed E-state index contributed by atoms with van der Waals surface area (Å²) in [5, 5.41) is 22.4. The fourth-order valence-corrected chi connectivity index (χ4v) is 3.77. The van der Waals surface area contributed by atoms with Crippen LogP contribution in [0.5, 0.6) is 11.5 Å². The molecule has 0 spiro atoms. The largest absolute Gasteiger partial charge is 0.474 e. The number of rotatable bonds is 8. The van der Waals surface area contributed by atoms with E-state index in [0.29, 0.717) is 19.5 Å². The molecule has 2 aromatic rings. The van der Waals surface area contributed by atoms with Crippen LogP contribution in [0.2, 0.25) is 0 Å². The van der Waals surface area contributed by atoms with Crippen LogP contribution in [0.4, 0.5) is 11.4 Å². The highest BCUT2D eigenvalue weighted by atomic mass is 16.6. The van der Waals surface area contributed by atoms with Crippen LogP contribution in [0.25, 0.3) is 0 Å². The van der Waals surface area contributed by atoms with E-state index in [2.05, 4.69) is 0 Å². The maximum atomic E-state index is 12.9. The van der Waals surface area contributed by atoms with E-state index < -0.39 is 22.1 Å². The van der Waals surface area contributed by atoms with Crippen LogP contribution in [0.1, 0.15) is 20.3 Å². The van der Waals surface area contributed by atoms with Crippen LogP contribution in [0.15, 0.2) is 48.5 Å². The Kier molecular flexibility index (Phi) is 8.18. The van der Waals surface area contributed by atoms with Crippen LogP contribution >= 0.6 is 0 Å². The van der Waals surface area contributed by atoms with E-state index >= 15 is 0 Å². The number of carbonyl (C=O) groups excluding carboxylic acids is 2. The Labute approximate surface area is 201 Å². The summed E-state index contributed by atoms with van der Waals surface area (Å²) in [6.45, 7) is 4.30. The van der Waals surface area contributed by atoms with Gasteiger partial charge in [0.1, 0.15) is 0 Å². The molecular weight excluding hydrogens is 460 g/mol. The molecule has 0 aromatic heterocycles. The molecule has 1 aliphatic rings. The summed E-state index contributed by atoms with van der Waals surface area (Å²) in [7, 11) is 0. The lowest BCUT2D eigenvalue weighted by Gasteiger charge is -2.26. The monoisotopic (exact) mass is 486 g/mol. The molecule has 0 radical (unpaired) electrons. The Morgan fingerprint density at radius 3 is 1.49 bits per heavy atom. The van der Waals surface area contributed by atoms with Gasteiger partial charge in [-0.2, -0.15) is 0 Å². The molecule has 35 heavy (non-hydrogen) atoms. The molecule has 1 heterocycles. The maximum Gasteiger partial charge on any atom is 0.310 e. The van der Waals surface area contributed by atoms with E-state index in [1.165, 1.54) is 50.2 Å². The molecule has 2 amide bonds. The second-order valence-corrected chi connectivity index (χ2v) is 7.97. The summed E-state index contributed by atoms with van der Waals surface area (Å²) in [5.41, 5.74) is -0.458. The number of para-hydroxylation sites is 4. The molecule has 2 aromatic carbocycles. The molecule has 0 N–H and O–H groups in total. The summed E-state index contributed by atoms with van der Waals surface area (Å²) in [6, 6.07) is 11.7. The number of nitrogens with zero attached hydrogens (tertiary/aromatic N) is 4. The van der Waals surface area contributed by atoms with Crippen molar-refractivity contribution in [2.75, 3.05) is 26.2 Å². The molecule has 1 fully saturated rings. The number of nitro benzene ring substituents is 2. The summed E-state index contributed by atoms with van der Waals surface area (Å²) in [6.07, 6.45) is -1.41. The minimum Gasteiger partial charge on any atom is -0.474 e. The SMILES string of the molecule is CC(Oc1ccccc1[N+](=O)[O-])C(=O)N1CCCN(C(=O)C(C)Oc2ccccc2[N+](=O)[O-])CC1. The van der Waals surface area contributed by atoms with Crippen molar-refractivity contribution in [3.8, 4) is 11.5 Å². The van der Waals surface area contributed by atoms with Gasteiger partial charge >= 0.3 is 11.4 Å². The highest BCUT2D eigenvalue weighted by Crippen LogP contribution is 2.28. The number of carbonyl (C=O) groups is 2. The average molecular weight is 486 g/mol. The molecular formula is C23H26N4O8. The minimum atomic E-state index is -0.959. The van der Waals surface area contributed by atoms with Gasteiger partial charge < -0.3 is 19.3 Å². The number of benzene rings is 2. The number of hydrogen-bond donors (Lipinski definition) is 0. The lowest BCUT2D eigenvalue weighted by atomic mass is 10.2. The first-order valence-electron chi connectivity index (χ1n) is 11.1. The van der Waals surface area contributed by atoms with Crippen molar-refractivity contribution in [2.24, 2.45) is 0 Å². The molecule has 0 saturated carbocycles. The molecule has 3 rings (SSSR count). The van der Waals surface area contributed by atoms with E-state index in [-0.39, 0.29) is 47.8 Å². The zero-order valence-corrected chi connectivity index (χ0v) is 19.4. The first-order valence-corrected chi connectivity index (χ1v) is 11.1. The number of hydrogen-bond acceptors (Lipinski definition) is 8. The molecule has 12 nitrogen and oxygen atoms in total. The van der Waals surface area contributed by atoms with Crippen molar-refractivity contribution in [1.29, 1.82) is 0 Å². The Hall–Kier alpha value is -4.22. The van der Waals surface area contributed by atoms with E-state index in [1.807, 2.05) is 0 Å². The van der Waals surface area contributed by atoms with Gasteiger partial charge in [-0.1, -0.05) is 24.3 Å². The third-order valence-corrected chi connectivity index (χ3v) is 5.55. The Morgan fingerprint density at radius 2 is 1.11 bits per heavy atom. The number of nitro groups is 2. The standard InChI is InChI=1S/C23H26N4O8/c1-16(34-20-10-5-3-8-18(20)26(30)31)22(28)24-12-7-13-25(15-14-24)23(29)17(2)35-21-11-6-4-9-19(21)27(32)33/h3-6,8-11,16-17H,7,12-15H2,1-2H3. The molecule has 0 aliphatic carbocycles. The minimum absolute atomic E-state index is 0.00551. The Morgan fingerprint density at radius 1 is 0.743 bits per heavy atom. The summed E-state index contributed by atoms with van der Waals surface area (Å²) in [5.74, 6) is -0.680. The van der Waals surface area contributed by atoms with E-state index in [0.717, 1.165) is 0 Å². The Bertz CT molecular complexity index is 1020. The van der Waals surface area contributed by atoms with E-state index in [1.54, 1.807) is 21.9 Å². The third kappa shape index (κ3) is 6.22. The van der Waals surface area contributed by atoms with Gasteiger partial charge in [0.05, 0.1) is 9.85 Å². The van der Waals surface area contributed by atoms with Crippen molar-refractivity contribution >= 4 is 23.2 Å². The predicted octanol–water partition coefficient (Wildman–Crippen LogP) is 2.80. The zero-order chi connectivity index (χ0) is 25.5. The number of ether oxygens (including phenoxy) is 2. The van der Waals surface area contributed by atoms with Gasteiger partial charge in [-0.05, 0) is 32.4 Å². The highest BCUT2D eigenvalue weighted by molar-refractivity contribution is 5.82. The van der Waals surface area contributed by atoms with Crippen molar-refractivity contribution in [2.45, 2.75) is 32.5 Å². The van der Waals surface area contributed by atoms with Crippen LogP contribution in [0, 0.1) is 20.2 Å². The fraction of sp³-hybridized carbons (Fsp3) is 0.391. The molecule has 186 valence electrons. The summed E-state index contributed by atoms with van der Waals surface area (Å²) < 4.78 is 11.2. The van der Waals surface area contributed by atoms with Crippen LogP contribution < -0.4 is 9.47 Å². The van der Waals surface area contributed by atoms with Gasteiger partial charge in [0, 0.05) is 38.3 Å². The average Bonchev–Trinajstić information content (AvgIpc) is 3.09. The van der Waals surface area contributed by atoms with E-state index in [9.17, 15) is 29.8 Å². The first kappa shape index (κ1) is 25.4. The summed E-state index contributed by atoms with van der Waals surface area (Å²) >= 11 is 0. The smallest absolute Gasteiger partial charge is 0.310 e. The highest BCUT2D eigenvalue weighted by Gasteiger charge is 2.30. The number of amides is 2. The first-order chi connectivity index (χ1) is 16.7. The molecule has 2 unspecified atom stereocenters. The quantitative estimate of drug-likeness (QED) is 0.409. The topological polar surface area (TPSA) is 145 Å². The van der Waals surface area contributed by atoms with Gasteiger partial charge in [-0.3, -0.25) is 29.8 Å². The summed E-state index contributed by atoms with van der Waals surface area (Å²) in [4.78, 5) is 50.2. The van der Waals surface area contributed by atoms with Crippen molar-refractivity contribution in [1.82, 2.24) is 9.80 Å². The zero-order valence-electron chi connectivity index (χ0n) is 19.4. The molecule has 12 heteroatoms. The fourth-order valence-electron chi connectivity index (χ4n) is 3.77. The Balaban J connectivity index is 1.59. The third-order valence-electron chi connectivity index (χ3n) is 5.55. The van der Waals surface area contributed by atoms with E-state index in [4.69, 9.17) is 9.47 Å².